The normalized spacial score (nSPS) is 19.2. The number of rotatable bonds is 4. The quantitative estimate of drug-likeness (QED) is 0.788. The minimum atomic E-state index is 0.662. The Kier molecular flexibility index (Phi) is 4.97. The highest BCUT2D eigenvalue weighted by atomic mass is 32.1. The molecule has 1 saturated heterocycles. The third kappa shape index (κ3) is 3.26. The summed E-state index contributed by atoms with van der Waals surface area (Å²) in [5, 5.41) is 4.84. The van der Waals surface area contributed by atoms with Gasteiger partial charge >= 0.3 is 0 Å². The Bertz CT molecular complexity index is 731. The zero-order valence-corrected chi connectivity index (χ0v) is 15.1. The highest BCUT2D eigenvalue weighted by Crippen LogP contribution is 2.23. The zero-order valence-electron chi connectivity index (χ0n) is 14.3. The van der Waals surface area contributed by atoms with Crippen LogP contribution in [-0.2, 0) is 13.7 Å². The molecule has 4 nitrogen and oxygen atoms in total. The van der Waals surface area contributed by atoms with Gasteiger partial charge in [-0.15, -0.1) is 0 Å². The minimum absolute atomic E-state index is 0.662. The first-order valence-corrected chi connectivity index (χ1v) is 8.96. The van der Waals surface area contributed by atoms with E-state index in [1.54, 1.807) is 0 Å². The van der Waals surface area contributed by atoms with Crippen molar-refractivity contribution >= 4 is 12.2 Å². The number of benzene rings is 1. The Labute approximate surface area is 143 Å². The summed E-state index contributed by atoms with van der Waals surface area (Å²) in [6, 6.07) is 9.02. The molecule has 0 saturated carbocycles. The van der Waals surface area contributed by atoms with Gasteiger partial charge in [-0.2, -0.15) is 5.10 Å². The molecule has 0 bridgehead atoms. The lowest BCUT2D eigenvalue weighted by Gasteiger charge is -2.34. The van der Waals surface area contributed by atoms with Crippen molar-refractivity contribution in [1.29, 1.82) is 0 Å². The highest BCUT2D eigenvalue weighted by Gasteiger charge is 2.22. The summed E-state index contributed by atoms with van der Waals surface area (Å²) in [6.45, 7) is 6.35. The maximum Gasteiger partial charge on any atom is 0.199 e. The number of hydrogen-bond donors (Lipinski definition) is 0. The van der Waals surface area contributed by atoms with E-state index in [1.165, 1.54) is 31.2 Å². The van der Waals surface area contributed by atoms with Gasteiger partial charge in [-0.3, -0.25) is 4.90 Å². The molecular formula is C18H26N4S. The fraction of sp³-hybridized carbons (Fsp3) is 0.556. The summed E-state index contributed by atoms with van der Waals surface area (Å²) in [7, 11) is 2.01. The van der Waals surface area contributed by atoms with Crippen molar-refractivity contribution < 1.29 is 0 Å². The van der Waals surface area contributed by atoms with Gasteiger partial charge in [0, 0.05) is 25.2 Å². The monoisotopic (exact) mass is 330 g/mol. The summed E-state index contributed by atoms with van der Waals surface area (Å²) in [4.78, 5) is 2.54. The maximum atomic E-state index is 5.64. The van der Waals surface area contributed by atoms with Gasteiger partial charge in [0.05, 0.1) is 6.67 Å². The standard InChI is InChI=1S/C18H26N4S/c1-4-15-10-7-8-12-21(15)13-22-18(23)20(3)17(19-22)16-11-6-5-9-14(16)2/h5-6,9,11,15H,4,7-8,10,12-13H2,1-3H3/t15-/m0/s1. The molecule has 1 aliphatic rings. The van der Waals surface area contributed by atoms with E-state index in [4.69, 9.17) is 17.3 Å². The van der Waals surface area contributed by atoms with Crippen LogP contribution in [-0.4, -0.2) is 31.8 Å². The summed E-state index contributed by atoms with van der Waals surface area (Å²) < 4.78 is 4.82. The van der Waals surface area contributed by atoms with E-state index in [-0.39, 0.29) is 0 Å². The number of piperidine rings is 1. The van der Waals surface area contributed by atoms with Gasteiger partial charge in [-0.1, -0.05) is 37.6 Å². The number of aryl methyl sites for hydroxylation is 1. The molecule has 1 aromatic heterocycles. The molecule has 23 heavy (non-hydrogen) atoms. The SMILES string of the molecule is CC[C@H]1CCCCN1Cn1nc(-c2ccccc2C)n(C)c1=S. The first kappa shape index (κ1) is 16.4. The van der Waals surface area contributed by atoms with E-state index in [9.17, 15) is 0 Å². The Hall–Kier alpha value is -1.46. The van der Waals surface area contributed by atoms with Crippen LogP contribution in [0.4, 0.5) is 0 Å². The molecule has 0 aliphatic carbocycles. The molecule has 5 heteroatoms. The molecule has 2 heterocycles. The van der Waals surface area contributed by atoms with Crippen LogP contribution in [0.2, 0.25) is 0 Å². The van der Waals surface area contributed by atoms with Crippen LogP contribution in [0.3, 0.4) is 0 Å². The number of likely N-dealkylation sites (tertiary alicyclic amines) is 1. The Morgan fingerprint density at radius 2 is 2.04 bits per heavy atom. The lowest BCUT2D eigenvalue weighted by molar-refractivity contribution is 0.100. The topological polar surface area (TPSA) is 26.0 Å². The van der Waals surface area contributed by atoms with Crippen molar-refractivity contribution in [3.05, 3.63) is 34.6 Å². The van der Waals surface area contributed by atoms with Gasteiger partial charge in [-0.25, -0.2) is 4.68 Å². The number of hydrogen-bond acceptors (Lipinski definition) is 3. The van der Waals surface area contributed by atoms with E-state index in [1.807, 2.05) is 16.3 Å². The molecular weight excluding hydrogens is 304 g/mol. The van der Waals surface area contributed by atoms with Crippen molar-refractivity contribution in [2.45, 2.75) is 52.2 Å². The zero-order chi connectivity index (χ0) is 16.4. The molecule has 1 fully saturated rings. The van der Waals surface area contributed by atoms with E-state index >= 15 is 0 Å². The molecule has 1 atom stereocenters. The third-order valence-corrected chi connectivity index (χ3v) is 5.45. The lowest BCUT2D eigenvalue weighted by atomic mass is 10.0. The van der Waals surface area contributed by atoms with Gasteiger partial charge in [0.15, 0.2) is 10.6 Å². The molecule has 0 spiro atoms. The van der Waals surface area contributed by atoms with Crippen LogP contribution in [0.15, 0.2) is 24.3 Å². The van der Waals surface area contributed by atoms with Crippen LogP contribution in [0.1, 0.15) is 38.2 Å². The van der Waals surface area contributed by atoms with E-state index in [2.05, 4.69) is 43.0 Å². The smallest absolute Gasteiger partial charge is 0.199 e. The molecule has 124 valence electrons. The second kappa shape index (κ2) is 6.97. The molecule has 1 aromatic carbocycles. The summed E-state index contributed by atoms with van der Waals surface area (Å²) in [5.41, 5.74) is 2.39. The average Bonchev–Trinajstić information content (AvgIpc) is 2.84. The first-order chi connectivity index (χ1) is 11.1. The van der Waals surface area contributed by atoms with Crippen molar-refractivity contribution in [1.82, 2.24) is 19.2 Å². The molecule has 0 radical (unpaired) electrons. The lowest BCUT2D eigenvalue weighted by Crippen LogP contribution is -2.40. The minimum Gasteiger partial charge on any atom is -0.303 e. The van der Waals surface area contributed by atoms with Crippen molar-refractivity contribution in [2.24, 2.45) is 7.05 Å². The highest BCUT2D eigenvalue weighted by molar-refractivity contribution is 7.71. The van der Waals surface area contributed by atoms with Crippen LogP contribution < -0.4 is 0 Å². The second-order valence-corrected chi connectivity index (χ2v) is 6.86. The Morgan fingerprint density at radius 3 is 2.78 bits per heavy atom. The fourth-order valence-corrected chi connectivity index (χ4v) is 3.70. The molecule has 0 N–H and O–H groups in total. The summed E-state index contributed by atoms with van der Waals surface area (Å²) in [5.74, 6) is 0.957. The number of nitrogens with zero attached hydrogens (tertiary/aromatic N) is 4. The molecule has 3 rings (SSSR count). The third-order valence-electron chi connectivity index (χ3n) is 4.96. The van der Waals surface area contributed by atoms with Crippen LogP contribution >= 0.6 is 12.2 Å². The molecule has 0 amide bonds. The van der Waals surface area contributed by atoms with Crippen molar-refractivity contribution in [3.63, 3.8) is 0 Å². The Morgan fingerprint density at radius 1 is 1.26 bits per heavy atom. The Balaban J connectivity index is 1.91. The van der Waals surface area contributed by atoms with Gasteiger partial charge in [0.25, 0.3) is 0 Å². The molecule has 1 aliphatic heterocycles. The molecule has 0 unspecified atom stereocenters. The van der Waals surface area contributed by atoms with E-state index in [0.29, 0.717) is 6.04 Å². The molecule has 2 aromatic rings. The van der Waals surface area contributed by atoms with Crippen molar-refractivity contribution in [2.75, 3.05) is 6.54 Å². The summed E-state index contributed by atoms with van der Waals surface area (Å²) >= 11 is 5.64. The predicted octanol–water partition coefficient (Wildman–Crippen LogP) is 4.15. The van der Waals surface area contributed by atoms with Crippen LogP contribution in [0.5, 0.6) is 0 Å². The first-order valence-electron chi connectivity index (χ1n) is 8.55. The van der Waals surface area contributed by atoms with E-state index < -0.39 is 0 Å². The predicted molar refractivity (Wildman–Crippen MR) is 96.8 cm³/mol. The largest absolute Gasteiger partial charge is 0.303 e. The van der Waals surface area contributed by atoms with Crippen LogP contribution in [0, 0.1) is 11.7 Å². The average molecular weight is 331 g/mol. The number of aromatic nitrogens is 3. The van der Waals surface area contributed by atoms with Crippen LogP contribution in [0.25, 0.3) is 11.4 Å². The van der Waals surface area contributed by atoms with Gasteiger partial charge < -0.3 is 4.57 Å². The van der Waals surface area contributed by atoms with Gasteiger partial charge in [0.2, 0.25) is 0 Å². The maximum absolute atomic E-state index is 5.64. The van der Waals surface area contributed by atoms with Gasteiger partial charge in [-0.05, 0) is 44.0 Å². The summed E-state index contributed by atoms with van der Waals surface area (Å²) in [6.07, 6.45) is 5.12. The fourth-order valence-electron chi connectivity index (χ4n) is 3.52. The van der Waals surface area contributed by atoms with E-state index in [0.717, 1.165) is 29.4 Å². The second-order valence-electron chi connectivity index (χ2n) is 6.49. The van der Waals surface area contributed by atoms with Gasteiger partial charge in [0.1, 0.15) is 0 Å². The van der Waals surface area contributed by atoms with Crippen molar-refractivity contribution in [3.8, 4) is 11.4 Å².